The number of amides is 2. The number of carbonyl (C=O) groups is 2. The molecule has 0 spiro atoms. The van der Waals surface area contributed by atoms with Crippen molar-refractivity contribution in [3.8, 4) is 11.5 Å². The molecular formula is C21H24F2N2O4S. The number of methoxy groups -OCH3 is 1. The van der Waals surface area contributed by atoms with Gasteiger partial charge >= 0.3 is 0 Å². The van der Waals surface area contributed by atoms with Crippen LogP contribution in [0, 0.1) is 17.6 Å². The van der Waals surface area contributed by atoms with Crippen molar-refractivity contribution in [3.63, 3.8) is 0 Å². The summed E-state index contributed by atoms with van der Waals surface area (Å²) in [6.07, 6.45) is 0.889. The van der Waals surface area contributed by atoms with Crippen molar-refractivity contribution in [2.45, 2.75) is 25.2 Å². The first-order valence-corrected chi connectivity index (χ1v) is 10.3. The lowest BCUT2D eigenvalue weighted by molar-refractivity contribution is -0.119. The molecule has 0 aliphatic carbocycles. The predicted molar refractivity (Wildman–Crippen MR) is 111 cm³/mol. The number of rotatable bonds is 9. The third-order valence-electron chi connectivity index (χ3n) is 3.96. The topological polar surface area (TPSA) is 76.7 Å². The van der Waals surface area contributed by atoms with Crippen LogP contribution < -0.4 is 20.3 Å². The fourth-order valence-electron chi connectivity index (χ4n) is 2.28. The summed E-state index contributed by atoms with van der Waals surface area (Å²) in [7, 11) is 1.48. The van der Waals surface area contributed by atoms with Gasteiger partial charge in [-0.2, -0.15) is 0 Å². The minimum atomic E-state index is -0.987. The lowest BCUT2D eigenvalue weighted by Gasteiger charge is -2.13. The Morgan fingerprint density at radius 3 is 2.47 bits per heavy atom. The summed E-state index contributed by atoms with van der Waals surface area (Å²) < 4.78 is 37.0. The van der Waals surface area contributed by atoms with E-state index < -0.39 is 23.4 Å². The number of hydrogen-bond acceptors (Lipinski definition) is 5. The van der Waals surface area contributed by atoms with E-state index in [4.69, 9.17) is 9.47 Å². The highest BCUT2D eigenvalue weighted by Crippen LogP contribution is 2.28. The van der Waals surface area contributed by atoms with E-state index >= 15 is 0 Å². The highest BCUT2D eigenvalue weighted by Gasteiger charge is 2.13. The smallest absolute Gasteiger partial charge is 0.269 e. The molecule has 0 atom stereocenters. The lowest BCUT2D eigenvalue weighted by Crippen LogP contribution is -2.42. The first-order valence-electron chi connectivity index (χ1n) is 9.28. The fourth-order valence-corrected chi connectivity index (χ4v) is 3.00. The maximum absolute atomic E-state index is 13.2. The van der Waals surface area contributed by atoms with E-state index in [1.54, 1.807) is 12.1 Å². The van der Waals surface area contributed by atoms with Crippen LogP contribution in [0.5, 0.6) is 11.5 Å². The molecule has 6 nitrogen and oxygen atoms in total. The van der Waals surface area contributed by atoms with Crippen LogP contribution in [0.1, 0.15) is 30.6 Å². The Labute approximate surface area is 178 Å². The lowest BCUT2D eigenvalue weighted by atomic mass is 10.1. The molecule has 0 radical (unpaired) electrons. The molecule has 9 heteroatoms. The summed E-state index contributed by atoms with van der Waals surface area (Å²) in [4.78, 5) is 24.6. The molecule has 0 saturated carbocycles. The van der Waals surface area contributed by atoms with Crippen LogP contribution in [0.4, 0.5) is 8.78 Å². The summed E-state index contributed by atoms with van der Waals surface area (Å²) >= 11 is 1.01. The van der Waals surface area contributed by atoms with Crippen molar-refractivity contribution in [1.82, 2.24) is 10.9 Å². The Bertz CT molecular complexity index is 893. The van der Waals surface area contributed by atoms with Crippen LogP contribution in [-0.2, 0) is 4.79 Å². The average molecular weight is 438 g/mol. The molecule has 2 rings (SSSR count). The zero-order valence-corrected chi connectivity index (χ0v) is 17.8. The summed E-state index contributed by atoms with van der Waals surface area (Å²) in [6.45, 7) is 4.72. The summed E-state index contributed by atoms with van der Waals surface area (Å²) in [6, 6.07) is 8.07. The van der Waals surface area contributed by atoms with Crippen molar-refractivity contribution >= 4 is 23.6 Å². The number of carbonyl (C=O) groups excluding carboxylic acids is 2. The molecule has 2 aromatic carbocycles. The number of hydrogen-bond donors (Lipinski definition) is 2. The Hall–Kier alpha value is -2.81. The maximum atomic E-state index is 13.2. The van der Waals surface area contributed by atoms with Crippen LogP contribution in [0.3, 0.4) is 0 Å². The third-order valence-corrected chi connectivity index (χ3v) is 4.95. The van der Waals surface area contributed by atoms with Gasteiger partial charge in [0.1, 0.15) is 0 Å². The largest absolute Gasteiger partial charge is 0.493 e. The highest BCUT2D eigenvalue weighted by molar-refractivity contribution is 8.00. The Balaban J connectivity index is 1.85. The normalized spacial score (nSPS) is 10.6. The Morgan fingerprint density at radius 1 is 1.03 bits per heavy atom. The van der Waals surface area contributed by atoms with Gasteiger partial charge < -0.3 is 9.47 Å². The van der Waals surface area contributed by atoms with Gasteiger partial charge in [0.15, 0.2) is 23.1 Å². The van der Waals surface area contributed by atoms with Gasteiger partial charge in [0.25, 0.3) is 5.91 Å². The number of thioether (sulfide) groups is 1. The van der Waals surface area contributed by atoms with Gasteiger partial charge in [-0.15, -0.1) is 11.8 Å². The van der Waals surface area contributed by atoms with E-state index in [1.165, 1.54) is 19.2 Å². The van der Waals surface area contributed by atoms with Gasteiger partial charge in [-0.1, -0.05) is 13.8 Å². The first kappa shape index (κ1) is 23.5. The summed E-state index contributed by atoms with van der Waals surface area (Å²) in [5.74, 6) is -1.62. The zero-order valence-electron chi connectivity index (χ0n) is 17.0. The second-order valence-corrected chi connectivity index (χ2v) is 7.81. The van der Waals surface area contributed by atoms with Gasteiger partial charge in [0.05, 0.1) is 19.5 Å². The van der Waals surface area contributed by atoms with Crippen molar-refractivity contribution in [1.29, 1.82) is 0 Å². The van der Waals surface area contributed by atoms with Crippen molar-refractivity contribution in [2.24, 2.45) is 5.92 Å². The molecule has 0 fully saturated rings. The molecule has 0 aliphatic rings. The molecule has 0 heterocycles. The second kappa shape index (κ2) is 11.4. The second-order valence-electron chi connectivity index (χ2n) is 6.76. The molecule has 2 amide bonds. The average Bonchev–Trinajstić information content (AvgIpc) is 2.72. The third kappa shape index (κ3) is 7.22. The molecule has 0 aromatic heterocycles. The zero-order chi connectivity index (χ0) is 22.1. The van der Waals surface area contributed by atoms with E-state index in [1.807, 2.05) is 0 Å². The number of hydrazine groups is 1. The summed E-state index contributed by atoms with van der Waals surface area (Å²) in [5, 5.41) is 0. The van der Waals surface area contributed by atoms with Gasteiger partial charge in [-0.3, -0.25) is 20.4 Å². The maximum Gasteiger partial charge on any atom is 0.269 e. The molecule has 2 aromatic rings. The van der Waals surface area contributed by atoms with Crippen LogP contribution in [0.25, 0.3) is 0 Å². The predicted octanol–water partition coefficient (Wildman–Crippen LogP) is 3.95. The van der Waals surface area contributed by atoms with Gasteiger partial charge in [0, 0.05) is 10.5 Å². The van der Waals surface area contributed by atoms with E-state index in [0.717, 1.165) is 30.3 Å². The van der Waals surface area contributed by atoms with Crippen molar-refractivity contribution in [2.75, 3.05) is 19.5 Å². The van der Waals surface area contributed by atoms with Gasteiger partial charge in [-0.25, -0.2) is 8.78 Å². The van der Waals surface area contributed by atoms with Crippen molar-refractivity contribution in [3.05, 3.63) is 53.6 Å². The first-order chi connectivity index (χ1) is 14.3. The van der Waals surface area contributed by atoms with Crippen LogP contribution in [-0.4, -0.2) is 31.3 Å². The molecule has 0 bridgehead atoms. The van der Waals surface area contributed by atoms with Gasteiger partial charge in [0.2, 0.25) is 5.91 Å². The molecule has 2 N–H and O–H groups in total. The number of halogens is 2. The van der Waals surface area contributed by atoms with Crippen LogP contribution in [0.15, 0.2) is 41.3 Å². The monoisotopic (exact) mass is 438 g/mol. The summed E-state index contributed by atoms with van der Waals surface area (Å²) in [5.41, 5.74) is 4.85. The van der Waals surface area contributed by atoms with E-state index in [2.05, 4.69) is 24.7 Å². The number of ether oxygens (including phenoxy) is 2. The van der Waals surface area contributed by atoms with E-state index in [9.17, 15) is 18.4 Å². The van der Waals surface area contributed by atoms with Gasteiger partial charge in [-0.05, 0) is 48.7 Å². The quantitative estimate of drug-likeness (QED) is 0.458. The standard InChI is InChI=1S/C21H24F2N2O4S/c1-13(2)8-9-29-18-7-4-14(10-19(18)28-3)21(27)25-24-20(26)12-30-15-5-6-16(22)17(23)11-15/h4-7,10-11,13H,8-9,12H2,1-3H3,(H,24,26)(H,25,27). The highest BCUT2D eigenvalue weighted by atomic mass is 32.2. The SMILES string of the molecule is COc1cc(C(=O)NNC(=O)CSc2ccc(F)c(F)c2)ccc1OCCC(C)C. The molecule has 162 valence electrons. The molecule has 0 saturated heterocycles. The van der Waals surface area contributed by atoms with Crippen LogP contribution >= 0.6 is 11.8 Å². The molecular weight excluding hydrogens is 414 g/mol. The Morgan fingerprint density at radius 2 is 1.80 bits per heavy atom. The van der Waals surface area contributed by atoms with Crippen molar-refractivity contribution < 1.29 is 27.8 Å². The fraction of sp³-hybridized carbons (Fsp3) is 0.333. The van der Waals surface area contributed by atoms with E-state index in [-0.39, 0.29) is 11.3 Å². The van der Waals surface area contributed by atoms with Crippen LogP contribution in [0.2, 0.25) is 0 Å². The molecule has 0 aliphatic heterocycles. The molecule has 30 heavy (non-hydrogen) atoms. The minimum Gasteiger partial charge on any atom is -0.493 e. The molecule has 0 unspecified atom stereocenters. The Kier molecular flexibility index (Phi) is 8.91. The minimum absolute atomic E-state index is 0.0860. The van der Waals surface area contributed by atoms with E-state index in [0.29, 0.717) is 28.9 Å². The number of benzene rings is 2. The number of nitrogens with one attached hydrogen (secondary N) is 2.